The van der Waals surface area contributed by atoms with Crippen LogP contribution in [0.25, 0.3) is 0 Å². The maximum atomic E-state index is 9.39. The Labute approximate surface area is 111 Å². The van der Waals surface area contributed by atoms with Crippen LogP contribution in [0.5, 0.6) is 0 Å². The molecule has 0 atom stereocenters. The minimum absolute atomic E-state index is 0.382. The fourth-order valence-electron chi connectivity index (χ4n) is 2.13. The van der Waals surface area contributed by atoms with Crippen LogP contribution < -0.4 is 0 Å². The number of ether oxygens (including phenoxy) is 1. The highest BCUT2D eigenvalue weighted by Crippen LogP contribution is 2.37. The van der Waals surface area contributed by atoms with E-state index in [9.17, 15) is 5.26 Å². The van der Waals surface area contributed by atoms with Crippen molar-refractivity contribution in [2.45, 2.75) is 19.3 Å². The fourth-order valence-corrected chi connectivity index (χ4v) is 2.66. The van der Waals surface area contributed by atoms with Crippen LogP contribution in [-0.4, -0.2) is 13.2 Å². The Kier molecular flexibility index (Phi) is 3.93. The van der Waals surface area contributed by atoms with E-state index in [1.54, 1.807) is 0 Å². The lowest BCUT2D eigenvalue weighted by Gasteiger charge is -2.31. The molecule has 1 aliphatic heterocycles. The first kappa shape index (κ1) is 12.7. The zero-order chi connectivity index (χ0) is 12.3. The number of hydrogen-bond donors (Lipinski definition) is 0. The first-order valence-electron chi connectivity index (χ1n) is 5.59. The third-order valence-corrected chi connectivity index (χ3v) is 3.97. The monoisotopic (exact) mass is 269 g/mol. The van der Waals surface area contributed by atoms with E-state index >= 15 is 0 Å². The number of halogens is 2. The first-order chi connectivity index (χ1) is 8.17. The summed E-state index contributed by atoms with van der Waals surface area (Å²) in [5.74, 6) is 0. The minimum Gasteiger partial charge on any atom is -0.381 e. The summed E-state index contributed by atoms with van der Waals surface area (Å²) in [6.45, 7) is 1.27. The summed E-state index contributed by atoms with van der Waals surface area (Å²) in [6, 6.07) is 7.87. The second-order valence-corrected chi connectivity index (χ2v) is 5.20. The minimum atomic E-state index is -0.382. The molecule has 0 spiro atoms. The molecule has 0 radical (unpaired) electrons. The Morgan fingerprint density at radius 3 is 2.35 bits per heavy atom. The van der Waals surface area contributed by atoms with Crippen LogP contribution in [0.2, 0.25) is 10.0 Å². The SMILES string of the molecule is N#CC1(Cc2c(Cl)cccc2Cl)CCOCC1. The van der Waals surface area contributed by atoms with Gasteiger partial charge in [0.05, 0.1) is 11.5 Å². The van der Waals surface area contributed by atoms with Crippen LogP contribution in [0, 0.1) is 16.7 Å². The van der Waals surface area contributed by atoms with Crippen molar-refractivity contribution in [1.82, 2.24) is 0 Å². The topological polar surface area (TPSA) is 33.0 Å². The Bertz CT molecular complexity index is 427. The molecule has 1 aromatic rings. The zero-order valence-corrected chi connectivity index (χ0v) is 10.9. The van der Waals surface area contributed by atoms with E-state index in [1.165, 1.54) is 0 Å². The smallest absolute Gasteiger partial charge is 0.0695 e. The van der Waals surface area contributed by atoms with Crippen molar-refractivity contribution in [2.75, 3.05) is 13.2 Å². The van der Waals surface area contributed by atoms with Gasteiger partial charge in [-0.25, -0.2) is 0 Å². The molecule has 0 amide bonds. The third kappa shape index (κ3) is 2.74. The van der Waals surface area contributed by atoms with Gasteiger partial charge in [-0.15, -0.1) is 0 Å². The zero-order valence-electron chi connectivity index (χ0n) is 9.38. The lowest BCUT2D eigenvalue weighted by molar-refractivity contribution is 0.0406. The van der Waals surface area contributed by atoms with E-state index in [2.05, 4.69) is 6.07 Å². The van der Waals surface area contributed by atoms with E-state index in [0.717, 1.165) is 18.4 Å². The summed E-state index contributed by atoms with van der Waals surface area (Å²) in [4.78, 5) is 0. The normalized spacial score (nSPS) is 18.6. The summed E-state index contributed by atoms with van der Waals surface area (Å²) in [6.07, 6.45) is 2.08. The average molecular weight is 270 g/mol. The number of nitrogens with zero attached hydrogens (tertiary/aromatic N) is 1. The lowest BCUT2D eigenvalue weighted by atomic mass is 9.76. The van der Waals surface area contributed by atoms with Crippen molar-refractivity contribution in [3.63, 3.8) is 0 Å². The predicted octanol–water partition coefficient (Wildman–Crippen LogP) is 3.86. The van der Waals surface area contributed by atoms with E-state index in [-0.39, 0.29) is 5.41 Å². The molecular formula is C13H13Cl2NO. The quantitative estimate of drug-likeness (QED) is 0.817. The van der Waals surface area contributed by atoms with Gasteiger partial charge in [-0.2, -0.15) is 5.26 Å². The summed E-state index contributed by atoms with van der Waals surface area (Å²) >= 11 is 12.3. The van der Waals surface area contributed by atoms with Gasteiger partial charge in [-0.3, -0.25) is 0 Å². The highest BCUT2D eigenvalue weighted by Gasteiger charge is 2.34. The molecule has 1 fully saturated rings. The molecule has 0 aliphatic carbocycles. The van der Waals surface area contributed by atoms with Crippen molar-refractivity contribution in [1.29, 1.82) is 5.26 Å². The third-order valence-electron chi connectivity index (χ3n) is 3.26. The molecule has 4 heteroatoms. The van der Waals surface area contributed by atoms with Gasteiger partial charge in [0.1, 0.15) is 0 Å². The van der Waals surface area contributed by atoms with E-state index in [1.807, 2.05) is 18.2 Å². The summed E-state index contributed by atoms with van der Waals surface area (Å²) < 4.78 is 5.31. The first-order valence-corrected chi connectivity index (χ1v) is 6.34. The summed E-state index contributed by atoms with van der Waals surface area (Å²) in [7, 11) is 0. The molecule has 2 nitrogen and oxygen atoms in total. The molecule has 90 valence electrons. The summed E-state index contributed by atoms with van der Waals surface area (Å²) in [5, 5.41) is 10.7. The number of hydrogen-bond acceptors (Lipinski definition) is 2. The predicted molar refractivity (Wildman–Crippen MR) is 68.3 cm³/mol. The number of benzene rings is 1. The largest absolute Gasteiger partial charge is 0.381 e. The van der Waals surface area contributed by atoms with Gasteiger partial charge in [-0.1, -0.05) is 29.3 Å². The van der Waals surface area contributed by atoms with Crippen LogP contribution in [0.15, 0.2) is 18.2 Å². The van der Waals surface area contributed by atoms with Crippen LogP contribution in [-0.2, 0) is 11.2 Å². The van der Waals surface area contributed by atoms with Gasteiger partial charge in [0.25, 0.3) is 0 Å². The van der Waals surface area contributed by atoms with Gasteiger partial charge in [-0.05, 0) is 37.0 Å². The standard InChI is InChI=1S/C13H13Cl2NO/c14-11-2-1-3-12(15)10(11)8-13(9-16)4-6-17-7-5-13/h1-3H,4-8H2. The van der Waals surface area contributed by atoms with E-state index in [4.69, 9.17) is 27.9 Å². The maximum absolute atomic E-state index is 9.39. The maximum Gasteiger partial charge on any atom is 0.0695 e. The van der Waals surface area contributed by atoms with Gasteiger partial charge in [0.15, 0.2) is 0 Å². The van der Waals surface area contributed by atoms with Gasteiger partial charge >= 0.3 is 0 Å². The molecule has 17 heavy (non-hydrogen) atoms. The lowest BCUT2D eigenvalue weighted by Crippen LogP contribution is -2.30. The van der Waals surface area contributed by atoms with Gasteiger partial charge in [0.2, 0.25) is 0 Å². The van der Waals surface area contributed by atoms with Crippen molar-refractivity contribution >= 4 is 23.2 Å². The highest BCUT2D eigenvalue weighted by molar-refractivity contribution is 6.36. The molecule has 2 rings (SSSR count). The second kappa shape index (κ2) is 5.27. The summed E-state index contributed by atoms with van der Waals surface area (Å²) in [5.41, 5.74) is 0.492. The molecular weight excluding hydrogens is 257 g/mol. The molecule has 1 saturated heterocycles. The molecule has 0 aromatic heterocycles. The Hall–Kier alpha value is -0.750. The molecule has 0 N–H and O–H groups in total. The average Bonchev–Trinajstić information content (AvgIpc) is 2.35. The van der Waals surface area contributed by atoms with Crippen LogP contribution in [0.3, 0.4) is 0 Å². The molecule has 0 bridgehead atoms. The van der Waals surface area contributed by atoms with Crippen molar-refractivity contribution in [2.24, 2.45) is 5.41 Å². The highest BCUT2D eigenvalue weighted by atomic mass is 35.5. The number of rotatable bonds is 2. The Morgan fingerprint density at radius 2 is 1.82 bits per heavy atom. The van der Waals surface area contributed by atoms with Gasteiger partial charge in [0, 0.05) is 23.3 Å². The van der Waals surface area contributed by atoms with E-state index in [0.29, 0.717) is 29.7 Å². The molecule has 0 saturated carbocycles. The molecule has 1 heterocycles. The van der Waals surface area contributed by atoms with E-state index < -0.39 is 0 Å². The molecule has 1 aliphatic rings. The van der Waals surface area contributed by atoms with Crippen molar-refractivity contribution in [3.05, 3.63) is 33.8 Å². The van der Waals surface area contributed by atoms with Crippen LogP contribution in [0.1, 0.15) is 18.4 Å². The van der Waals surface area contributed by atoms with Crippen molar-refractivity contribution < 1.29 is 4.74 Å². The molecule has 0 unspecified atom stereocenters. The Balaban J connectivity index is 2.27. The van der Waals surface area contributed by atoms with Crippen molar-refractivity contribution in [3.8, 4) is 6.07 Å². The Morgan fingerprint density at radius 1 is 1.24 bits per heavy atom. The molecule has 1 aromatic carbocycles. The van der Waals surface area contributed by atoms with Crippen LogP contribution in [0.4, 0.5) is 0 Å². The van der Waals surface area contributed by atoms with Crippen LogP contribution >= 0.6 is 23.2 Å². The second-order valence-electron chi connectivity index (χ2n) is 4.38. The fraction of sp³-hybridized carbons (Fsp3) is 0.462. The number of nitriles is 1. The van der Waals surface area contributed by atoms with Gasteiger partial charge < -0.3 is 4.74 Å².